The molecule has 3 heterocycles. The van der Waals surface area contributed by atoms with Crippen molar-refractivity contribution in [1.82, 2.24) is 19.5 Å². The second-order valence-corrected chi connectivity index (χ2v) is 13.5. The molecule has 50 heavy (non-hydrogen) atoms. The summed E-state index contributed by atoms with van der Waals surface area (Å²) in [5.74, 6) is 1.93. The fraction of sp³-hybridized carbons (Fsp3) is 0. The Kier molecular flexibility index (Phi) is 6.64. The van der Waals surface area contributed by atoms with Gasteiger partial charge in [-0.1, -0.05) is 127 Å². The lowest BCUT2D eigenvalue weighted by Crippen LogP contribution is -2.01. The standard InChI is InChI=1S/C45H28N4S/c1-3-14-29(15-4-1)32-27-37(42-36-22-9-12-25-40(36)50-41(42)28-32)45-47-43(30-16-5-2-6-17-30)46-44(48-45)31-18-13-19-33(26-31)49-38-23-10-7-20-34(38)35-21-8-11-24-39(35)49/h1-28H. The van der Waals surface area contributed by atoms with E-state index in [4.69, 9.17) is 15.0 Å². The van der Waals surface area contributed by atoms with Crippen molar-refractivity contribution in [1.29, 1.82) is 0 Å². The Labute approximate surface area is 292 Å². The zero-order valence-corrected chi connectivity index (χ0v) is 27.7. The Morgan fingerprint density at radius 1 is 0.380 bits per heavy atom. The number of thiophene rings is 1. The summed E-state index contributed by atoms with van der Waals surface area (Å²) in [6.07, 6.45) is 0. The number of aromatic nitrogens is 4. The number of hydrogen-bond donors (Lipinski definition) is 0. The molecule has 0 fully saturated rings. The molecule has 3 aromatic heterocycles. The molecular formula is C45H28N4S. The molecule has 0 aliphatic heterocycles. The maximum absolute atomic E-state index is 5.29. The average Bonchev–Trinajstić information content (AvgIpc) is 3.74. The number of hydrogen-bond acceptors (Lipinski definition) is 4. The molecule has 0 saturated heterocycles. The van der Waals surface area contributed by atoms with Crippen LogP contribution in [-0.2, 0) is 0 Å². The molecule has 4 nitrogen and oxygen atoms in total. The summed E-state index contributed by atoms with van der Waals surface area (Å²) in [7, 11) is 0. The fourth-order valence-electron chi connectivity index (χ4n) is 7.15. The van der Waals surface area contributed by atoms with Crippen molar-refractivity contribution in [2.75, 3.05) is 0 Å². The van der Waals surface area contributed by atoms with E-state index in [-0.39, 0.29) is 0 Å². The first-order valence-electron chi connectivity index (χ1n) is 16.7. The minimum Gasteiger partial charge on any atom is -0.309 e. The molecule has 0 bridgehead atoms. The predicted molar refractivity (Wildman–Crippen MR) is 209 cm³/mol. The summed E-state index contributed by atoms with van der Waals surface area (Å²) >= 11 is 1.81. The lowest BCUT2D eigenvalue weighted by Gasteiger charge is -2.13. The van der Waals surface area contributed by atoms with Crippen LogP contribution in [0, 0.1) is 0 Å². The van der Waals surface area contributed by atoms with Crippen LogP contribution >= 0.6 is 11.3 Å². The molecule has 10 rings (SSSR count). The van der Waals surface area contributed by atoms with Gasteiger partial charge in [-0.15, -0.1) is 11.3 Å². The van der Waals surface area contributed by atoms with E-state index in [9.17, 15) is 0 Å². The minimum atomic E-state index is 0.634. The smallest absolute Gasteiger partial charge is 0.164 e. The molecule has 7 aromatic carbocycles. The van der Waals surface area contributed by atoms with E-state index >= 15 is 0 Å². The van der Waals surface area contributed by atoms with E-state index in [2.05, 4.69) is 156 Å². The summed E-state index contributed by atoms with van der Waals surface area (Å²) in [5.41, 5.74) is 8.55. The van der Waals surface area contributed by atoms with Gasteiger partial charge in [0.05, 0.1) is 11.0 Å². The van der Waals surface area contributed by atoms with Crippen molar-refractivity contribution in [2.45, 2.75) is 0 Å². The van der Waals surface area contributed by atoms with Crippen LogP contribution in [0.5, 0.6) is 0 Å². The zero-order chi connectivity index (χ0) is 33.0. The number of benzene rings is 7. The molecule has 0 radical (unpaired) electrons. The second kappa shape index (κ2) is 11.6. The molecule has 10 aromatic rings. The van der Waals surface area contributed by atoms with Crippen LogP contribution in [0.25, 0.3) is 93.0 Å². The number of rotatable bonds is 5. The maximum atomic E-state index is 5.29. The van der Waals surface area contributed by atoms with Crippen LogP contribution < -0.4 is 0 Å². The van der Waals surface area contributed by atoms with Gasteiger partial charge in [-0.25, -0.2) is 15.0 Å². The van der Waals surface area contributed by atoms with Crippen molar-refractivity contribution in [2.24, 2.45) is 0 Å². The first-order valence-corrected chi connectivity index (χ1v) is 17.5. The SMILES string of the molecule is c1ccc(-c2cc(-c3nc(-c4ccccc4)nc(-c4cccc(-n5c6ccccc6c6ccccc65)c4)n3)c3c(c2)sc2ccccc23)cc1. The highest BCUT2D eigenvalue weighted by Gasteiger charge is 2.19. The molecule has 0 aliphatic rings. The molecular weight excluding hydrogens is 629 g/mol. The summed E-state index contributed by atoms with van der Waals surface area (Å²) in [6, 6.07) is 59.6. The third-order valence-corrected chi connectivity index (χ3v) is 10.6. The van der Waals surface area contributed by atoms with Crippen molar-refractivity contribution < 1.29 is 0 Å². The fourth-order valence-corrected chi connectivity index (χ4v) is 8.33. The van der Waals surface area contributed by atoms with Gasteiger partial charge in [-0.3, -0.25) is 0 Å². The van der Waals surface area contributed by atoms with E-state index in [1.54, 1.807) is 0 Å². The molecule has 0 amide bonds. The largest absolute Gasteiger partial charge is 0.309 e. The van der Waals surface area contributed by atoms with Crippen LogP contribution in [0.4, 0.5) is 0 Å². The third-order valence-electron chi connectivity index (χ3n) is 9.44. The van der Waals surface area contributed by atoms with Crippen molar-refractivity contribution in [3.05, 3.63) is 170 Å². The summed E-state index contributed by atoms with van der Waals surface area (Å²) in [5, 5.41) is 4.83. The van der Waals surface area contributed by atoms with E-state index < -0.39 is 0 Å². The predicted octanol–water partition coefficient (Wildman–Crippen LogP) is 12.0. The van der Waals surface area contributed by atoms with Gasteiger partial charge in [0, 0.05) is 53.3 Å². The Morgan fingerprint density at radius 3 is 1.66 bits per heavy atom. The highest BCUT2D eigenvalue weighted by Crippen LogP contribution is 2.42. The Bertz CT molecular complexity index is 2820. The molecule has 0 spiro atoms. The molecule has 0 saturated carbocycles. The van der Waals surface area contributed by atoms with Crippen LogP contribution in [-0.4, -0.2) is 19.5 Å². The lowest BCUT2D eigenvalue weighted by molar-refractivity contribution is 1.07. The minimum absolute atomic E-state index is 0.634. The lowest BCUT2D eigenvalue weighted by atomic mass is 9.98. The van der Waals surface area contributed by atoms with Gasteiger partial charge in [-0.05, 0) is 53.6 Å². The zero-order valence-electron chi connectivity index (χ0n) is 26.9. The van der Waals surface area contributed by atoms with Crippen molar-refractivity contribution in [3.8, 4) is 51.0 Å². The van der Waals surface area contributed by atoms with Gasteiger partial charge < -0.3 is 4.57 Å². The normalized spacial score (nSPS) is 11.6. The summed E-state index contributed by atoms with van der Waals surface area (Å²) in [6.45, 7) is 0. The maximum Gasteiger partial charge on any atom is 0.164 e. The van der Waals surface area contributed by atoms with Crippen molar-refractivity contribution >= 4 is 53.3 Å². The quantitative estimate of drug-likeness (QED) is 0.185. The van der Waals surface area contributed by atoms with Crippen molar-refractivity contribution in [3.63, 3.8) is 0 Å². The Morgan fingerprint density at radius 2 is 0.940 bits per heavy atom. The summed E-state index contributed by atoms with van der Waals surface area (Å²) in [4.78, 5) is 15.6. The van der Waals surface area contributed by atoms with E-state index in [0.717, 1.165) is 44.5 Å². The van der Waals surface area contributed by atoms with E-state index in [0.29, 0.717) is 17.5 Å². The number of fused-ring (bicyclic) bond motifs is 6. The number of para-hydroxylation sites is 2. The van der Waals surface area contributed by atoms with Crippen LogP contribution in [0.3, 0.4) is 0 Å². The van der Waals surface area contributed by atoms with Gasteiger partial charge >= 0.3 is 0 Å². The van der Waals surface area contributed by atoms with E-state index in [1.807, 2.05) is 29.5 Å². The molecule has 0 aliphatic carbocycles. The highest BCUT2D eigenvalue weighted by atomic mass is 32.1. The summed E-state index contributed by atoms with van der Waals surface area (Å²) < 4.78 is 4.78. The molecule has 0 unspecified atom stereocenters. The molecule has 234 valence electrons. The van der Waals surface area contributed by atoms with Gasteiger partial charge in [0.25, 0.3) is 0 Å². The first-order chi connectivity index (χ1) is 24.8. The molecule has 5 heteroatoms. The van der Waals surface area contributed by atoms with Crippen LogP contribution in [0.2, 0.25) is 0 Å². The molecule has 0 N–H and O–H groups in total. The Hall–Kier alpha value is -6.43. The van der Waals surface area contributed by atoms with Gasteiger partial charge in [0.1, 0.15) is 0 Å². The monoisotopic (exact) mass is 656 g/mol. The third kappa shape index (κ3) is 4.71. The van der Waals surface area contributed by atoms with Gasteiger partial charge in [0.2, 0.25) is 0 Å². The average molecular weight is 657 g/mol. The highest BCUT2D eigenvalue weighted by molar-refractivity contribution is 7.26. The van der Waals surface area contributed by atoms with Crippen LogP contribution in [0.15, 0.2) is 170 Å². The van der Waals surface area contributed by atoms with Gasteiger partial charge in [0.15, 0.2) is 17.5 Å². The topological polar surface area (TPSA) is 43.6 Å². The molecule has 0 atom stereocenters. The van der Waals surface area contributed by atoms with Crippen LogP contribution in [0.1, 0.15) is 0 Å². The second-order valence-electron chi connectivity index (χ2n) is 12.5. The van der Waals surface area contributed by atoms with E-state index in [1.165, 1.54) is 30.9 Å². The Balaban J connectivity index is 1.23. The van der Waals surface area contributed by atoms with Gasteiger partial charge in [-0.2, -0.15) is 0 Å². The first kappa shape index (κ1) is 28.6. The number of nitrogens with zero attached hydrogens (tertiary/aromatic N) is 4.